The summed E-state index contributed by atoms with van der Waals surface area (Å²) < 4.78 is 0. The SMILES string of the molecule is CC(=O)N1CCC(C(=O)c2ccccn2)(N2CCN(CCC(C)C)CC2)CC1(C)C. The summed E-state index contributed by atoms with van der Waals surface area (Å²) in [5.74, 6) is 0.893. The van der Waals surface area contributed by atoms with Crippen LogP contribution in [0.15, 0.2) is 24.4 Å². The van der Waals surface area contributed by atoms with E-state index in [9.17, 15) is 9.59 Å². The molecule has 1 amide bonds. The summed E-state index contributed by atoms with van der Waals surface area (Å²) in [5.41, 5.74) is -0.441. The molecule has 1 unspecified atom stereocenters. The van der Waals surface area contributed by atoms with Crippen molar-refractivity contribution in [2.75, 3.05) is 39.3 Å². The van der Waals surface area contributed by atoms with E-state index in [0.717, 1.165) is 32.7 Å². The summed E-state index contributed by atoms with van der Waals surface area (Å²) in [6, 6.07) is 5.56. The van der Waals surface area contributed by atoms with Crippen LogP contribution in [-0.4, -0.2) is 81.7 Å². The predicted molar refractivity (Wildman–Crippen MR) is 119 cm³/mol. The highest BCUT2D eigenvalue weighted by Crippen LogP contribution is 2.41. The molecule has 3 heterocycles. The van der Waals surface area contributed by atoms with Gasteiger partial charge in [0.15, 0.2) is 0 Å². The third kappa shape index (κ3) is 4.75. The third-order valence-corrected chi connectivity index (χ3v) is 6.91. The van der Waals surface area contributed by atoms with Crippen molar-refractivity contribution in [2.45, 2.75) is 65.0 Å². The number of ketones is 1. The maximum absolute atomic E-state index is 13.9. The first-order valence-electron chi connectivity index (χ1n) is 11.4. The van der Waals surface area contributed by atoms with E-state index in [1.54, 1.807) is 13.1 Å². The lowest BCUT2D eigenvalue weighted by molar-refractivity contribution is -0.140. The molecule has 2 aliphatic rings. The van der Waals surface area contributed by atoms with Crippen molar-refractivity contribution in [3.8, 4) is 0 Å². The molecular formula is C24H38N4O2. The Morgan fingerprint density at radius 1 is 1.10 bits per heavy atom. The fraction of sp³-hybridized carbons (Fsp3) is 0.708. The zero-order valence-corrected chi connectivity index (χ0v) is 19.4. The van der Waals surface area contributed by atoms with Gasteiger partial charge in [0.25, 0.3) is 0 Å². The van der Waals surface area contributed by atoms with Gasteiger partial charge in [0.05, 0.1) is 5.54 Å². The van der Waals surface area contributed by atoms with Gasteiger partial charge < -0.3 is 9.80 Å². The van der Waals surface area contributed by atoms with E-state index in [4.69, 9.17) is 0 Å². The maximum atomic E-state index is 13.9. The Labute approximate surface area is 181 Å². The van der Waals surface area contributed by atoms with Crippen LogP contribution in [-0.2, 0) is 4.79 Å². The van der Waals surface area contributed by atoms with Crippen LogP contribution in [0.2, 0.25) is 0 Å². The fourth-order valence-electron chi connectivity index (χ4n) is 5.27. The van der Waals surface area contributed by atoms with E-state index in [1.807, 2.05) is 23.1 Å². The molecule has 2 fully saturated rings. The Balaban J connectivity index is 1.85. The molecule has 0 N–H and O–H groups in total. The average molecular weight is 415 g/mol. The van der Waals surface area contributed by atoms with E-state index >= 15 is 0 Å². The predicted octanol–water partition coefficient (Wildman–Crippen LogP) is 3.09. The first kappa shape index (κ1) is 22.9. The van der Waals surface area contributed by atoms with Crippen molar-refractivity contribution in [3.05, 3.63) is 30.1 Å². The zero-order valence-electron chi connectivity index (χ0n) is 19.4. The van der Waals surface area contributed by atoms with Gasteiger partial charge in [-0.2, -0.15) is 0 Å². The van der Waals surface area contributed by atoms with Crippen LogP contribution in [0, 0.1) is 5.92 Å². The molecule has 6 nitrogen and oxygen atoms in total. The fourth-order valence-corrected chi connectivity index (χ4v) is 5.27. The minimum atomic E-state index is -0.603. The van der Waals surface area contributed by atoms with Gasteiger partial charge in [-0.15, -0.1) is 0 Å². The van der Waals surface area contributed by atoms with Crippen molar-refractivity contribution in [1.29, 1.82) is 0 Å². The highest BCUT2D eigenvalue weighted by atomic mass is 16.2. The molecule has 0 saturated carbocycles. The van der Waals surface area contributed by atoms with Crippen LogP contribution < -0.4 is 0 Å². The molecule has 1 aromatic heterocycles. The van der Waals surface area contributed by atoms with Gasteiger partial charge in [0.1, 0.15) is 5.69 Å². The number of pyridine rings is 1. The van der Waals surface area contributed by atoms with Gasteiger partial charge in [-0.3, -0.25) is 19.5 Å². The maximum Gasteiger partial charge on any atom is 0.219 e. The highest BCUT2D eigenvalue weighted by Gasteiger charge is 2.53. The van der Waals surface area contributed by atoms with Crippen LogP contribution in [0.3, 0.4) is 0 Å². The number of amides is 1. The number of aromatic nitrogens is 1. The molecule has 2 aliphatic heterocycles. The monoisotopic (exact) mass is 414 g/mol. The Hall–Kier alpha value is -1.79. The number of Topliss-reactive ketones (excluding diaryl/α,β-unsaturated/α-hetero) is 1. The number of nitrogens with zero attached hydrogens (tertiary/aromatic N) is 4. The van der Waals surface area contributed by atoms with Crippen molar-refractivity contribution >= 4 is 11.7 Å². The largest absolute Gasteiger partial charge is 0.338 e. The van der Waals surface area contributed by atoms with E-state index in [0.29, 0.717) is 31.0 Å². The van der Waals surface area contributed by atoms with Crippen LogP contribution >= 0.6 is 0 Å². The molecule has 0 spiro atoms. The van der Waals surface area contributed by atoms with Crippen molar-refractivity contribution < 1.29 is 9.59 Å². The van der Waals surface area contributed by atoms with E-state index in [1.165, 1.54) is 6.42 Å². The minimum Gasteiger partial charge on any atom is -0.338 e. The van der Waals surface area contributed by atoms with Gasteiger partial charge >= 0.3 is 0 Å². The number of hydrogen-bond donors (Lipinski definition) is 0. The lowest BCUT2D eigenvalue weighted by atomic mass is 9.72. The number of likely N-dealkylation sites (tertiary alicyclic amines) is 1. The topological polar surface area (TPSA) is 56.8 Å². The molecule has 0 aromatic carbocycles. The summed E-state index contributed by atoms with van der Waals surface area (Å²) in [5, 5.41) is 0. The van der Waals surface area contributed by atoms with Gasteiger partial charge in [-0.05, 0) is 57.7 Å². The van der Waals surface area contributed by atoms with Crippen LogP contribution in [0.1, 0.15) is 64.4 Å². The lowest BCUT2D eigenvalue weighted by Gasteiger charge is -2.55. The molecule has 2 saturated heterocycles. The molecule has 0 aliphatic carbocycles. The number of rotatable bonds is 6. The third-order valence-electron chi connectivity index (χ3n) is 6.91. The van der Waals surface area contributed by atoms with Gasteiger partial charge in [0, 0.05) is 51.4 Å². The molecule has 1 atom stereocenters. The van der Waals surface area contributed by atoms with Gasteiger partial charge in [-0.25, -0.2) is 0 Å². The molecule has 6 heteroatoms. The second-order valence-corrected chi connectivity index (χ2v) is 10.00. The van der Waals surface area contributed by atoms with Crippen molar-refractivity contribution in [3.63, 3.8) is 0 Å². The normalized spacial score (nSPS) is 25.5. The second kappa shape index (κ2) is 9.15. The summed E-state index contributed by atoms with van der Waals surface area (Å²) >= 11 is 0. The van der Waals surface area contributed by atoms with Crippen LogP contribution in [0.25, 0.3) is 0 Å². The number of carbonyl (C=O) groups is 2. The molecule has 166 valence electrons. The summed E-state index contributed by atoms with van der Waals surface area (Å²) in [6.07, 6.45) is 4.21. The smallest absolute Gasteiger partial charge is 0.219 e. The Morgan fingerprint density at radius 2 is 1.80 bits per heavy atom. The van der Waals surface area contributed by atoms with Gasteiger partial charge in [-0.1, -0.05) is 19.9 Å². The molecular weight excluding hydrogens is 376 g/mol. The molecule has 3 rings (SSSR count). The average Bonchev–Trinajstić information content (AvgIpc) is 2.71. The molecule has 30 heavy (non-hydrogen) atoms. The second-order valence-electron chi connectivity index (χ2n) is 10.00. The van der Waals surface area contributed by atoms with Gasteiger partial charge in [0.2, 0.25) is 11.7 Å². The standard InChI is InChI=1S/C24H38N4O2/c1-19(2)9-12-26-14-16-27(17-15-26)24(22(30)21-8-6-7-11-25-21)10-13-28(20(3)29)23(4,5)18-24/h6-8,11,19H,9-10,12-18H2,1-5H3. The van der Waals surface area contributed by atoms with E-state index in [-0.39, 0.29) is 17.2 Å². The Bertz CT molecular complexity index is 741. The minimum absolute atomic E-state index is 0.0809. The first-order valence-corrected chi connectivity index (χ1v) is 11.4. The number of piperazine rings is 1. The molecule has 1 aromatic rings. The first-order chi connectivity index (χ1) is 14.2. The quantitative estimate of drug-likeness (QED) is 0.670. The van der Waals surface area contributed by atoms with Crippen LogP contribution in [0.5, 0.6) is 0 Å². The van der Waals surface area contributed by atoms with E-state index in [2.05, 4.69) is 42.5 Å². The number of piperidine rings is 1. The lowest BCUT2D eigenvalue weighted by Crippen LogP contribution is -2.68. The van der Waals surface area contributed by atoms with Crippen molar-refractivity contribution in [1.82, 2.24) is 19.7 Å². The summed E-state index contributed by atoms with van der Waals surface area (Å²) in [4.78, 5) is 37.3. The number of hydrogen-bond acceptors (Lipinski definition) is 5. The zero-order chi connectivity index (χ0) is 21.9. The highest BCUT2D eigenvalue weighted by molar-refractivity contribution is 6.02. The number of carbonyl (C=O) groups excluding carboxylic acids is 2. The van der Waals surface area contributed by atoms with E-state index < -0.39 is 5.54 Å². The van der Waals surface area contributed by atoms with Crippen LogP contribution in [0.4, 0.5) is 0 Å². The Kier molecular flexibility index (Phi) is 6.98. The summed E-state index contributed by atoms with van der Waals surface area (Å²) in [7, 11) is 0. The van der Waals surface area contributed by atoms with Crippen molar-refractivity contribution in [2.24, 2.45) is 5.92 Å². The summed E-state index contributed by atoms with van der Waals surface area (Å²) in [6.45, 7) is 15.8. The molecule has 0 radical (unpaired) electrons. The molecule has 0 bridgehead atoms. The Morgan fingerprint density at radius 3 is 2.33 bits per heavy atom.